The zero-order valence-electron chi connectivity index (χ0n) is 13.0. The van der Waals surface area contributed by atoms with E-state index >= 15 is 0 Å². The van der Waals surface area contributed by atoms with Crippen molar-refractivity contribution in [3.8, 4) is 0 Å². The second kappa shape index (κ2) is 8.33. The van der Waals surface area contributed by atoms with Crippen molar-refractivity contribution >= 4 is 42.0 Å². The zero-order valence-corrected chi connectivity index (χ0v) is 17.0. The number of halogens is 2. The molecule has 6 nitrogen and oxygen atoms in total. The van der Waals surface area contributed by atoms with Gasteiger partial charge in [0.25, 0.3) is 10.1 Å². The molecular weight excluding hydrogens is 474 g/mol. The van der Waals surface area contributed by atoms with Crippen molar-refractivity contribution in [2.45, 2.75) is 11.8 Å². The maximum atomic E-state index is 11.4. The van der Waals surface area contributed by atoms with Crippen LogP contribution in [0.3, 0.4) is 0 Å². The number of nitrogens with zero attached hydrogens (tertiary/aromatic N) is 3. The minimum atomic E-state index is -4.18. The van der Waals surface area contributed by atoms with E-state index in [4.69, 9.17) is 5.53 Å². The molecule has 0 aromatic heterocycles. The van der Waals surface area contributed by atoms with Gasteiger partial charge in [-0.05, 0) is 47.3 Å². The standard InChI is InChI=1S/C16H15Br2N3O3S/c17-14-5-1-3-12(9-14)16(11-20-21-19,7-8-25(22,23)24)13-4-2-6-15(18)10-13/h1-6,9-10H,7-8,11H2,(H,22,23,24). The number of rotatable bonds is 7. The predicted octanol–water partition coefficient (Wildman–Crippen LogP) is 5.09. The lowest BCUT2D eigenvalue weighted by atomic mass is 9.72. The summed E-state index contributed by atoms with van der Waals surface area (Å²) in [6.45, 7) is 0.0198. The van der Waals surface area contributed by atoms with Crippen molar-refractivity contribution in [3.05, 3.63) is 79.0 Å². The van der Waals surface area contributed by atoms with Crippen LogP contribution in [0.15, 0.2) is 62.6 Å². The van der Waals surface area contributed by atoms with Gasteiger partial charge in [-0.3, -0.25) is 4.55 Å². The monoisotopic (exact) mass is 487 g/mol. The lowest BCUT2D eigenvalue weighted by Crippen LogP contribution is -2.33. The Balaban J connectivity index is 2.70. The first kappa shape index (κ1) is 19.9. The Hall–Kier alpha value is -1.38. The predicted molar refractivity (Wildman–Crippen MR) is 104 cm³/mol. The highest BCUT2D eigenvalue weighted by molar-refractivity contribution is 9.10. The summed E-state index contributed by atoms with van der Waals surface area (Å²) in [7, 11) is -4.18. The van der Waals surface area contributed by atoms with E-state index in [0.717, 1.165) is 20.1 Å². The molecule has 0 saturated heterocycles. The number of azide groups is 1. The molecule has 9 heteroatoms. The maximum Gasteiger partial charge on any atom is 0.264 e. The van der Waals surface area contributed by atoms with Crippen LogP contribution in [0.2, 0.25) is 0 Å². The first-order valence-corrected chi connectivity index (χ1v) is 10.4. The third kappa shape index (κ3) is 5.29. The molecule has 0 atom stereocenters. The Labute approximate surface area is 162 Å². The summed E-state index contributed by atoms with van der Waals surface area (Å²) in [5.41, 5.74) is 9.52. The Kier molecular flexibility index (Phi) is 6.65. The van der Waals surface area contributed by atoms with Crippen molar-refractivity contribution in [1.29, 1.82) is 0 Å². The van der Waals surface area contributed by atoms with Crippen molar-refractivity contribution in [2.24, 2.45) is 5.11 Å². The van der Waals surface area contributed by atoms with Gasteiger partial charge in [-0.2, -0.15) is 8.42 Å². The SMILES string of the molecule is [N-]=[N+]=NCC(CCS(=O)(=O)O)(c1cccc(Br)c1)c1cccc(Br)c1. The Morgan fingerprint density at radius 2 is 1.60 bits per heavy atom. The minimum absolute atomic E-state index is 0.0198. The molecule has 0 unspecified atom stereocenters. The smallest absolute Gasteiger partial charge is 0.264 e. The number of benzene rings is 2. The molecule has 1 N–H and O–H groups in total. The molecule has 2 aromatic rings. The molecule has 0 spiro atoms. The van der Waals surface area contributed by atoms with Gasteiger partial charge in [0.2, 0.25) is 0 Å². The van der Waals surface area contributed by atoms with E-state index < -0.39 is 21.3 Å². The lowest BCUT2D eigenvalue weighted by molar-refractivity contribution is 0.457. The topological polar surface area (TPSA) is 103 Å². The van der Waals surface area contributed by atoms with Crippen LogP contribution in [0, 0.1) is 0 Å². The van der Waals surface area contributed by atoms with E-state index in [1.165, 1.54) is 0 Å². The van der Waals surface area contributed by atoms with Crippen LogP contribution in [0.4, 0.5) is 0 Å². The minimum Gasteiger partial charge on any atom is -0.286 e. The summed E-state index contributed by atoms with van der Waals surface area (Å²) in [6, 6.07) is 14.8. The van der Waals surface area contributed by atoms with E-state index in [1.807, 2.05) is 48.5 Å². The third-order valence-electron chi connectivity index (χ3n) is 3.95. The molecule has 0 bridgehead atoms. The summed E-state index contributed by atoms with van der Waals surface area (Å²) in [6.07, 6.45) is 0.0672. The van der Waals surface area contributed by atoms with E-state index in [2.05, 4.69) is 41.9 Å². The van der Waals surface area contributed by atoms with Gasteiger partial charge in [0.15, 0.2) is 0 Å². The van der Waals surface area contributed by atoms with Crippen molar-refractivity contribution in [1.82, 2.24) is 0 Å². The van der Waals surface area contributed by atoms with Crippen LogP contribution in [-0.4, -0.2) is 25.3 Å². The maximum absolute atomic E-state index is 11.4. The summed E-state index contributed by atoms with van der Waals surface area (Å²) < 4.78 is 33.7. The van der Waals surface area contributed by atoms with Gasteiger partial charge in [-0.25, -0.2) is 0 Å². The molecule has 2 rings (SSSR count). The summed E-state index contributed by atoms with van der Waals surface area (Å²) >= 11 is 6.84. The van der Waals surface area contributed by atoms with Crippen molar-refractivity contribution in [3.63, 3.8) is 0 Å². The number of hydrogen-bond donors (Lipinski definition) is 1. The fourth-order valence-electron chi connectivity index (χ4n) is 2.74. The van der Waals surface area contributed by atoms with Gasteiger partial charge in [0.05, 0.1) is 5.75 Å². The van der Waals surface area contributed by atoms with E-state index in [-0.39, 0.29) is 13.0 Å². The average Bonchev–Trinajstić information content (AvgIpc) is 2.54. The van der Waals surface area contributed by atoms with E-state index in [9.17, 15) is 13.0 Å². The van der Waals surface area contributed by atoms with E-state index in [0.29, 0.717) is 0 Å². The fourth-order valence-corrected chi connectivity index (χ4v) is 4.15. The Bertz CT molecular complexity index is 867. The molecule has 0 aliphatic carbocycles. The zero-order chi connectivity index (χ0) is 18.5. The normalized spacial score (nSPS) is 11.8. The molecular formula is C16H15Br2N3O3S. The fraction of sp³-hybridized carbons (Fsp3) is 0.250. The van der Waals surface area contributed by atoms with Crippen LogP contribution in [-0.2, 0) is 15.5 Å². The van der Waals surface area contributed by atoms with Crippen LogP contribution in [0.1, 0.15) is 17.5 Å². The molecule has 0 saturated carbocycles. The van der Waals surface area contributed by atoms with Crippen LogP contribution < -0.4 is 0 Å². The molecule has 132 valence electrons. The Morgan fingerprint density at radius 1 is 1.08 bits per heavy atom. The highest BCUT2D eigenvalue weighted by Crippen LogP contribution is 2.38. The van der Waals surface area contributed by atoms with Crippen LogP contribution >= 0.6 is 31.9 Å². The summed E-state index contributed by atoms with van der Waals surface area (Å²) in [5, 5.41) is 3.73. The molecule has 0 fully saturated rings. The van der Waals surface area contributed by atoms with Gasteiger partial charge in [-0.1, -0.05) is 61.2 Å². The quantitative estimate of drug-likeness (QED) is 0.254. The van der Waals surface area contributed by atoms with Crippen LogP contribution in [0.5, 0.6) is 0 Å². The lowest BCUT2D eigenvalue weighted by Gasteiger charge is -2.34. The largest absolute Gasteiger partial charge is 0.286 e. The number of hydrogen-bond acceptors (Lipinski definition) is 3. The molecule has 2 aromatic carbocycles. The van der Waals surface area contributed by atoms with E-state index in [1.54, 1.807) is 0 Å². The first-order valence-electron chi connectivity index (χ1n) is 7.25. The van der Waals surface area contributed by atoms with Gasteiger partial charge in [-0.15, -0.1) is 0 Å². The molecule has 0 aliphatic rings. The van der Waals surface area contributed by atoms with Crippen molar-refractivity contribution in [2.75, 3.05) is 12.3 Å². The molecule has 0 amide bonds. The highest BCUT2D eigenvalue weighted by Gasteiger charge is 2.35. The van der Waals surface area contributed by atoms with Gasteiger partial charge < -0.3 is 0 Å². The second-order valence-electron chi connectivity index (χ2n) is 5.53. The third-order valence-corrected chi connectivity index (χ3v) is 5.65. The Morgan fingerprint density at radius 3 is 2.00 bits per heavy atom. The molecule has 25 heavy (non-hydrogen) atoms. The highest BCUT2D eigenvalue weighted by atomic mass is 79.9. The average molecular weight is 489 g/mol. The van der Waals surface area contributed by atoms with Gasteiger partial charge in [0.1, 0.15) is 0 Å². The molecule has 0 radical (unpaired) electrons. The van der Waals surface area contributed by atoms with Crippen molar-refractivity contribution < 1.29 is 13.0 Å². The molecule has 0 heterocycles. The van der Waals surface area contributed by atoms with Gasteiger partial charge >= 0.3 is 0 Å². The molecule has 0 aliphatic heterocycles. The summed E-state index contributed by atoms with van der Waals surface area (Å²) in [4.78, 5) is 2.85. The van der Waals surface area contributed by atoms with Crippen LogP contribution in [0.25, 0.3) is 10.4 Å². The first-order chi connectivity index (χ1) is 11.8. The second-order valence-corrected chi connectivity index (χ2v) is 8.93. The van der Waals surface area contributed by atoms with Gasteiger partial charge in [0, 0.05) is 25.8 Å². The summed E-state index contributed by atoms with van der Waals surface area (Å²) in [5.74, 6) is -0.451.